The maximum atomic E-state index is 12.2. The molecule has 8 heteroatoms. The van der Waals surface area contributed by atoms with Crippen LogP contribution in [0, 0.1) is 6.92 Å². The molecule has 1 saturated heterocycles. The van der Waals surface area contributed by atoms with Gasteiger partial charge in [-0.1, -0.05) is 23.7 Å². The smallest absolute Gasteiger partial charge is 0.356 e. The lowest BCUT2D eigenvalue weighted by molar-refractivity contribution is -0.119. The lowest BCUT2D eigenvalue weighted by atomic mass is 10.1. The highest BCUT2D eigenvalue weighted by Crippen LogP contribution is 2.26. The van der Waals surface area contributed by atoms with Crippen molar-refractivity contribution in [3.63, 3.8) is 0 Å². The maximum Gasteiger partial charge on any atom is 0.356 e. The third kappa shape index (κ3) is 5.06. The number of nitrogens with zero attached hydrogens (tertiary/aromatic N) is 2. The summed E-state index contributed by atoms with van der Waals surface area (Å²) in [6, 6.07) is 14.5. The van der Waals surface area contributed by atoms with Crippen LogP contribution in [0.5, 0.6) is 0 Å². The Kier molecular flexibility index (Phi) is 6.23. The minimum absolute atomic E-state index is 0.170. The lowest BCUT2D eigenvalue weighted by Gasteiger charge is -2.20. The third-order valence-corrected chi connectivity index (χ3v) is 5.45. The highest BCUT2D eigenvalue weighted by Gasteiger charge is 2.16. The number of benzene rings is 2. The summed E-state index contributed by atoms with van der Waals surface area (Å²) in [7, 11) is 0. The van der Waals surface area contributed by atoms with E-state index in [2.05, 4.69) is 20.4 Å². The fourth-order valence-corrected chi connectivity index (χ4v) is 3.77. The van der Waals surface area contributed by atoms with Gasteiger partial charge in [0.1, 0.15) is 5.69 Å². The molecular weight excluding hydrogens is 416 g/mol. The number of carbonyl (C=O) groups is 2. The number of aryl methyl sites for hydroxylation is 1. The van der Waals surface area contributed by atoms with Crippen LogP contribution >= 0.6 is 11.6 Å². The summed E-state index contributed by atoms with van der Waals surface area (Å²) < 4.78 is 5.11. The highest BCUT2D eigenvalue weighted by atomic mass is 35.5. The maximum absolute atomic E-state index is 12.2. The van der Waals surface area contributed by atoms with E-state index in [-0.39, 0.29) is 12.3 Å². The second-order valence-electron chi connectivity index (χ2n) is 7.49. The van der Waals surface area contributed by atoms with Gasteiger partial charge in [-0.05, 0) is 61.7 Å². The molecule has 2 aromatic carbocycles. The molecule has 0 atom stereocenters. The number of halogens is 1. The van der Waals surface area contributed by atoms with E-state index in [4.69, 9.17) is 16.3 Å². The molecule has 0 radical (unpaired) electrons. The van der Waals surface area contributed by atoms with Crippen molar-refractivity contribution in [1.29, 1.82) is 0 Å². The summed E-state index contributed by atoms with van der Waals surface area (Å²) in [5, 5.41) is 10.1. The Bertz CT molecular complexity index is 1090. The van der Waals surface area contributed by atoms with Crippen LogP contribution in [0.4, 0.5) is 11.4 Å². The first kappa shape index (κ1) is 20.9. The Morgan fingerprint density at radius 3 is 2.58 bits per heavy atom. The molecule has 1 fully saturated rings. The van der Waals surface area contributed by atoms with Crippen molar-refractivity contribution in [3.8, 4) is 11.3 Å². The number of nitrogens with one attached hydrogen (secondary N) is 2. The first-order chi connectivity index (χ1) is 15.0. The van der Waals surface area contributed by atoms with Crippen LogP contribution in [0.25, 0.3) is 11.3 Å². The number of anilines is 2. The van der Waals surface area contributed by atoms with Gasteiger partial charge in [0, 0.05) is 35.1 Å². The molecule has 4 rings (SSSR count). The molecule has 0 aliphatic carbocycles. The van der Waals surface area contributed by atoms with Gasteiger partial charge < -0.3 is 15.0 Å². The van der Waals surface area contributed by atoms with Gasteiger partial charge in [-0.25, -0.2) is 4.79 Å². The molecule has 2 heterocycles. The number of aromatic nitrogens is 2. The number of aromatic amines is 1. The van der Waals surface area contributed by atoms with Crippen molar-refractivity contribution >= 4 is 34.9 Å². The van der Waals surface area contributed by atoms with Gasteiger partial charge in [0.2, 0.25) is 0 Å². The molecule has 0 unspecified atom stereocenters. The second kappa shape index (κ2) is 9.22. The average molecular weight is 439 g/mol. The van der Waals surface area contributed by atoms with Gasteiger partial charge in [-0.3, -0.25) is 9.89 Å². The number of ether oxygens (including phenoxy) is 1. The molecule has 3 aromatic rings. The van der Waals surface area contributed by atoms with Gasteiger partial charge in [0.25, 0.3) is 5.91 Å². The normalized spacial score (nSPS) is 13.3. The number of H-pyrrole nitrogens is 1. The fraction of sp³-hybridized carbons (Fsp3) is 0.261. The van der Waals surface area contributed by atoms with E-state index in [0.29, 0.717) is 16.4 Å². The Hall–Kier alpha value is -3.32. The molecule has 2 N–H and O–H groups in total. The van der Waals surface area contributed by atoms with Crippen LogP contribution in [0.3, 0.4) is 0 Å². The molecule has 160 valence electrons. The van der Waals surface area contributed by atoms with Gasteiger partial charge in [0.05, 0.1) is 5.69 Å². The molecule has 1 aliphatic heterocycles. The minimum Gasteiger partial charge on any atom is -0.451 e. The van der Waals surface area contributed by atoms with Crippen molar-refractivity contribution < 1.29 is 14.3 Å². The molecule has 0 saturated carbocycles. The number of hydrogen-bond donors (Lipinski definition) is 2. The Morgan fingerprint density at radius 1 is 1.13 bits per heavy atom. The summed E-state index contributed by atoms with van der Waals surface area (Å²) >= 11 is 5.89. The van der Waals surface area contributed by atoms with Crippen LogP contribution in [0.1, 0.15) is 28.9 Å². The van der Waals surface area contributed by atoms with Crippen molar-refractivity contribution in [1.82, 2.24) is 10.2 Å². The monoisotopic (exact) mass is 438 g/mol. The summed E-state index contributed by atoms with van der Waals surface area (Å²) in [5.74, 6) is -1.05. The SMILES string of the molecule is Cc1cc(NC(=O)COC(=O)c2cc(-c3ccc(Cl)cc3)n[nH]2)ccc1N1CCCC1. The van der Waals surface area contributed by atoms with Gasteiger partial charge in [0.15, 0.2) is 6.61 Å². The van der Waals surface area contributed by atoms with Crippen LogP contribution in [-0.2, 0) is 9.53 Å². The summed E-state index contributed by atoms with van der Waals surface area (Å²) in [6.07, 6.45) is 2.42. The van der Waals surface area contributed by atoms with Crippen LogP contribution < -0.4 is 10.2 Å². The predicted octanol–water partition coefficient (Wildman–Crippen LogP) is 4.43. The number of rotatable bonds is 6. The van der Waals surface area contributed by atoms with E-state index in [9.17, 15) is 9.59 Å². The van der Waals surface area contributed by atoms with Crippen molar-refractivity contribution in [2.24, 2.45) is 0 Å². The zero-order valence-electron chi connectivity index (χ0n) is 17.2. The average Bonchev–Trinajstić information content (AvgIpc) is 3.45. The first-order valence-corrected chi connectivity index (χ1v) is 10.5. The number of hydrogen-bond acceptors (Lipinski definition) is 5. The number of carbonyl (C=O) groups excluding carboxylic acids is 2. The van der Waals surface area contributed by atoms with Crippen molar-refractivity contribution in [2.45, 2.75) is 19.8 Å². The molecule has 31 heavy (non-hydrogen) atoms. The summed E-state index contributed by atoms with van der Waals surface area (Å²) in [6.45, 7) is 3.77. The molecule has 1 amide bonds. The van der Waals surface area contributed by atoms with Gasteiger partial charge in [-0.2, -0.15) is 5.10 Å². The highest BCUT2D eigenvalue weighted by molar-refractivity contribution is 6.30. The van der Waals surface area contributed by atoms with E-state index in [1.807, 2.05) is 25.1 Å². The number of esters is 1. The predicted molar refractivity (Wildman–Crippen MR) is 121 cm³/mol. The van der Waals surface area contributed by atoms with Crippen LogP contribution in [0.15, 0.2) is 48.5 Å². The Labute approximate surface area is 185 Å². The zero-order chi connectivity index (χ0) is 21.8. The molecule has 7 nitrogen and oxygen atoms in total. The van der Waals surface area contributed by atoms with E-state index >= 15 is 0 Å². The summed E-state index contributed by atoms with van der Waals surface area (Å²) in [4.78, 5) is 26.8. The van der Waals surface area contributed by atoms with Crippen LogP contribution in [0.2, 0.25) is 5.02 Å². The Morgan fingerprint density at radius 2 is 1.87 bits per heavy atom. The zero-order valence-corrected chi connectivity index (χ0v) is 17.9. The largest absolute Gasteiger partial charge is 0.451 e. The molecule has 1 aliphatic rings. The quantitative estimate of drug-likeness (QED) is 0.556. The van der Waals surface area contributed by atoms with E-state index in [0.717, 1.165) is 24.2 Å². The summed E-state index contributed by atoms with van der Waals surface area (Å²) in [5.41, 5.74) is 4.53. The molecule has 0 spiro atoms. The molecular formula is C23H23ClN4O3. The standard InChI is InChI=1S/C23H23ClN4O3/c1-15-12-18(8-9-21(15)28-10-2-3-11-28)25-22(29)14-31-23(30)20-13-19(26-27-20)16-4-6-17(24)7-5-16/h4-9,12-13H,2-3,10-11,14H2,1H3,(H,25,29)(H,26,27). The molecule has 0 bridgehead atoms. The van der Waals surface area contributed by atoms with E-state index < -0.39 is 11.9 Å². The van der Waals surface area contributed by atoms with Gasteiger partial charge in [-0.15, -0.1) is 0 Å². The first-order valence-electron chi connectivity index (χ1n) is 10.1. The van der Waals surface area contributed by atoms with Crippen LogP contribution in [-0.4, -0.2) is 41.8 Å². The molecule has 1 aromatic heterocycles. The van der Waals surface area contributed by atoms with Crippen molar-refractivity contribution in [2.75, 3.05) is 29.9 Å². The lowest BCUT2D eigenvalue weighted by Crippen LogP contribution is -2.22. The van der Waals surface area contributed by atoms with E-state index in [1.54, 1.807) is 30.3 Å². The van der Waals surface area contributed by atoms with Crippen molar-refractivity contribution in [3.05, 3.63) is 64.8 Å². The Balaban J connectivity index is 1.31. The van der Waals surface area contributed by atoms with E-state index in [1.165, 1.54) is 18.5 Å². The van der Waals surface area contributed by atoms with Gasteiger partial charge >= 0.3 is 5.97 Å². The fourth-order valence-electron chi connectivity index (χ4n) is 3.65. The second-order valence-corrected chi connectivity index (χ2v) is 7.93. The minimum atomic E-state index is -0.650. The third-order valence-electron chi connectivity index (χ3n) is 5.20. The number of amides is 1. The topological polar surface area (TPSA) is 87.3 Å².